The van der Waals surface area contributed by atoms with Crippen LogP contribution in [0.15, 0.2) is 65.3 Å². The first-order valence-corrected chi connectivity index (χ1v) is 10.9. The topological polar surface area (TPSA) is 20.3 Å². The average molecular weight is 392 g/mol. The Balaban J connectivity index is 2.03. The second-order valence-electron chi connectivity index (χ2n) is 8.63. The lowest BCUT2D eigenvalue weighted by Gasteiger charge is -2.32. The largest absolute Gasteiger partial charge is 0.339 e. The van der Waals surface area contributed by atoms with E-state index in [9.17, 15) is 4.79 Å². The Labute approximate surface area is 177 Å². The Hall–Kier alpha value is -2.35. The maximum absolute atomic E-state index is 12.4. The minimum atomic E-state index is 0.0987. The van der Waals surface area contributed by atoms with Crippen molar-refractivity contribution in [2.24, 2.45) is 5.41 Å². The van der Waals surface area contributed by atoms with Gasteiger partial charge in [0.15, 0.2) is 0 Å². The average Bonchev–Trinajstić information content (AvgIpc) is 2.68. The predicted molar refractivity (Wildman–Crippen MR) is 126 cm³/mol. The van der Waals surface area contributed by atoms with Crippen molar-refractivity contribution in [1.29, 1.82) is 0 Å². The van der Waals surface area contributed by atoms with Crippen LogP contribution in [0.1, 0.15) is 76.7 Å². The molecule has 0 bridgehead atoms. The molecule has 0 radical (unpaired) electrons. The Morgan fingerprint density at radius 1 is 1.10 bits per heavy atom. The summed E-state index contributed by atoms with van der Waals surface area (Å²) < 4.78 is 0. The highest BCUT2D eigenvalue weighted by Crippen LogP contribution is 2.40. The van der Waals surface area contributed by atoms with Crippen LogP contribution in [0.2, 0.25) is 0 Å². The van der Waals surface area contributed by atoms with Crippen LogP contribution in [0, 0.1) is 5.41 Å². The molecule has 0 saturated heterocycles. The lowest BCUT2D eigenvalue weighted by atomic mass is 9.72. The monoisotopic (exact) mass is 391 g/mol. The third-order valence-corrected chi connectivity index (χ3v) is 5.91. The third-order valence-electron chi connectivity index (χ3n) is 5.91. The van der Waals surface area contributed by atoms with Crippen molar-refractivity contribution in [2.45, 2.75) is 60.8 Å². The molecule has 0 atom stereocenters. The van der Waals surface area contributed by atoms with Crippen molar-refractivity contribution in [3.63, 3.8) is 0 Å². The number of allylic oxidation sites excluding steroid dienone is 7. The molecular weight excluding hydrogens is 354 g/mol. The van der Waals surface area contributed by atoms with Gasteiger partial charge in [0.1, 0.15) is 0 Å². The number of rotatable bonds is 7. The molecule has 1 aromatic rings. The van der Waals surface area contributed by atoms with E-state index in [1.807, 2.05) is 43.0 Å². The van der Waals surface area contributed by atoms with Gasteiger partial charge in [-0.15, -0.1) is 0 Å². The molecule has 0 heterocycles. The molecule has 1 amide bonds. The zero-order valence-corrected chi connectivity index (χ0v) is 19.1. The van der Waals surface area contributed by atoms with Crippen molar-refractivity contribution in [3.8, 4) is 0 Å². The van der Waals surface area contributed by atoms with Gasteiger partial charge in [-0.3, -0.25) is 4.79 Å². The quantitative estimate of drug-likeness (QED) is 0.450. The molecule has 0 unspecified atom stereocenters. The van der Waals surface area contributed by atoms with E-state index in [2.05, 4.69) is 58.1 Å². The molecule has 2 nitrogen and oxygen atoms in total. The van der Waals surface area contributed by atoms with Gasteiger partial charge in [0.25, 0.3) is 5.91 Å². The summed E-state index contributed by atoms with van der Waals surface area (Å²) in [6.07, 6.45) is 14.6. The fourth-order valence-corrected chi connectivity index (χ4v) is 4.02. The van der Waals surface area contributed by atoms with Gasteiger partial charge in [0.05, 0.1) is 0 Å². The Morgan fingerprint density at radius 2 is 1.76 bits per heavy atom. The number of hydrogen-bond acceptors (Lipinski definition) is 1. The molecular formula is C27H37NO. The summed E-state index contributed by atoms with van der Waals surface area (Å²) in [5, 5.41) is 0. The molecule has 0 spiro atoms. The predicted octanol–water partition coefficient (Wildman–Crippen LogP) is 7.21. The van der Waals surface area contributed by atoms with Crippen molar-refractivity contribution >= 4 is 12.0 Å². The fourth-order valence-electron chi connectivity index (χ4n) is 4.02. The van der Waals surface area contributed by atoms with E-state index in [1.165, 1.54) is 36.0 Å². The van der Waals surface area contributed by atoms with Crippen LogP contribution in [0.25, 0.3) is 6.08 Å². The minimum absolute atomic E-state index is 0.0987. The van der Waals surface area contributed by atoms with E-state index < -0.39 is 0 Å². The molecule has 0 saturated carbocycles. The first kappa shape index (κ1) is 22.9. The smallest absolute Gasteiger partial charge is 0.253 e. The number of hydrogen-bond donors (Lipinski definition) is 0. The lowest BCUT2D eigenvalue weighted by Crippen LogP contribution is -2.30. The van der Waals surface area contributed by atoms with E-state index in [1.54, 1.807) is 0 Å². The van der Waals surface area contributed by atoms with Crippen molar-refractivity contribution in [3.05, 3.63) is 76.4 Å². The van der Waals surface area contributed by atoms with Gasteiger partial charge >= 0.3 is 0 Å². The van der Waals surface area contributed by atoms with Gasteiger partial charge in [0, 0.05) is 18.7 Å². The van der Waals surface area contributed by atoms with Crippen LogP contribution < -0.4 is 0 Å². The van der Waals surface area contributed by atoms with Crippen molar-refractivity contribution < 1.29 is 4.79 Å². The van der Waals surface area contributed by atoms with Gasteiger partial charge < -0.3 is 4.90 Å². The first-order valence-electron chi connectivity index (χ1n) is 10.9. The highest BCUT2D eigenvalue weighted by atomic mass is 16.2. The van der Waals surface area contributed by atoms with Crippen molar-refractivity contribution in [2.75, 3.05) is 13.1 Å². The molecule has 1 aliphatic rings. The summed E-state index contributed by atoms with van der Waals surface area (Å²) in [6.45, 7) is 14.6. The molecule has 0 aliphatic heterocycles. The molecule has 0 fully saturated rings. The molecule has 2 rings (SSSR count). The maximum Gasteiger partial charge on any atom is 0.253 e. The fraction of sp³-hybridized carbons (Fsp3) is 0.444. The summed E-state index contributed by atoms with van der Waals surface area (Å²) in [5.41, 5.74) is 6.38. The standard InChI is InChI=1S/C27H37NO/c1-7-28(8-2)26(29)24-17-15-23(16-18-24)13-9-11-21(3)14-19-25-22(4)12-10-20-27(25,5)6/h9,11,13-19H,7-8,10,12,20H2,1-6H3. The number of carbonyl (C=O) groups excluding carboxylic acids is 1. The van der Waals surface area contributed by atoms with E-state index in [-0.39, 0.29) is 11.3 Å². The van der Waals surface area contributed by atoms with Gasteiger partial charge in [-0.05, 0) is 75.6 Å². The van der Waals surface area contributed by atoms with Gasteiger partial charge in [0.2, 0.25) is 0 Å². The molecule has 29 heavy (non-hydrogen) atoms. The van der Waals surface area contributed by atoms with Crippen LogP contribution >= 0.6 is 0 Å². The minimum Gasteiger partial charge on any atom is -0.339 e. The zero-order chi connectivity index (χ0) is 21.4. The van der Waals surface area contributed by atoms with Crippen LogP contribution in [-0.2, 0) is 0 Å². The number of benzene rings is 1. The van der Waals surface area contributed by atoms with E-state index in [4.69, 9.17) is 0 Å². The highest BCUT2D eigenvalue weighted by molar-refractivity contribution is 5.94. The molecule has 156 valence electrons. The Bertz CT molecular complexity index is 815. The summed E-state index contributed by atoms with van der Waals surface area (Å²) in [6, 6.07) is 7.84. The summed E-state index contributed by atoms with van der Waals surface area (Å²) in [7, 11) is 0. The summed E-state index contributed by atoms with van der Waals surface area (Å²) >= 11 is 0. The van der Waals surface area contributed by atoms with E-state index >= 15 is 0 Å². The summed E-state index contributed by atoms with van der Waals surface area (Å²) in [4.78, 5) is 14.2. The van der Waals surface area contributed by atoms with Gasteiger partial charge in [-0.2, -0.15) is 0 Å². The molecule has 0 N–H and O–H groups in total. The zero-order valence-electron chi connectivity index (χ0n) is 19.1. The molecule has 2 heteroatoms. The second kappa shape index (κ2) is 10.4. The SMILES string of the molecule is CCN(CC)C(=O)c1ccc(C=CC=C(C)C=CC2=C(C)CCCC2(C)C)cc1. The molecule has 1 aromatic carbocycles. The Kier molecular flexibility index (Phi) is 8.25. The van der Waals surface area contributed by atoms with Crippen LogP contribution in [0.3, 0.4) is 0 Å². The lowest BCUT2D eigenvalue weighted by molar-refractivity contribution is 0.0773. The maximum atomic E-state index is 12.4. The second-order valence-corrected chi connectivity index (χ2v) is 8.63. The van der Waals surface area contributed by atoms with E-state index in [0.717, 1.165) is 24.2 Å². The van der Waals surface area contributed by atoms with Crippen LogP contribution in [0.4, 0.5) is 0 Å². The van der Waals surface area contributed by atoms with E-state index in [0.29, 0.717) is 0 Å². The first-order chi connectivity index (χ1) is 13.8. The number of carbonyl (C=O) groups is 1. The molecule has 1 aliphatic carbocycles. The highest BCUT2D eigenvalue weighted by Gasteiger charge is 2.26. The summed E-state index contributed by atoms with van der Waals surface area (Å²) in [5.74, 6) is 0.0987. The Morgan fingerprint density at radius 3 is 2.34 bits per heavy atom. The van der Waals surface area contributed by atoms with Crippen LogP contribution in [0.5, 0.6) is 0 Å². The normalized spacial score (nSPS) is 17.4. The van der Waals surface area contributed by atoms with Gasteiger partial charge in [-0.25, -0.2) is 0 Å². The number of amides is 1. The molecule has 0 aromatic heterocycles. The number of nitrogens with zero attached hydrogens (tertiary/aromatic N) is 1. The van der Waals surface area contributed by atoms with Crippen molar-refractivity contribution in [1.82, 2.24) is 4.90 Å². The third kappa shape index (κ3) is 6.32. The van der Waals surface area contributed by atoms with Crippen LogP contribution in [-0.4, -0.2) is 23.9 Å². The van der Waals surface area contributed by atoms with Gasteiger partial charge in [-0.1, -0.05) is 67.5 Å².